The van der Waals surface area contributed by atoms with E-state index in [2.05, 4.69) is 6.58 Å². The van der Waals surface area contributed by atoms with E-state index in [0.29, 0.717) is 31.0 Å². The average Bonchev–Trinajstić information content (AvgIpc) is 2.73. The van der Waals surface area contributed by atoms with Crippen molar-refractivity contribution < 1.29 is 9.53 Å². The first-order chi connectivity index (χ1) is 13.6. The Morgan fingerprint density at radius 3 is 1.96 bits per heavy atom. The number of hydrogen-bond acceptors (Lipinski definition) is 2. The van der Waals surface area contributed by atoms with Gasteiger partial charge < -0.3 is 9.64 Å². The molecule has 0 N–H and O–H groups in total. The quantitative estimate of drug-likeness (QED) is 0.490. The fourth-order valence-electron chi connectivity index (χ4n) is 2.92. The summed E-state index contributed by atoms with van der Waals surface area (Å²) >= 11 is 0. The molecule has 0 aliphatic rings. The van der Waals surface area contributed by atoms with Gasteiger partial charge in [-0.05, 0) is 41.8 Å². The molecule has 28 heavy (non-hydrogen) atoms. The summed E-state index contributed by atoms with van der Waals surface area (Å²) in [6, 6.07) is 27.4. The van der Waals surface area contributed by atoms with Gasteiger partial charge in [-0.2, -0.15) is 0 Å². The topological polar surface area (TPSA) is 29.5 Å². The van der Waals surface area contributed by atoms with Crippen LogP contribution in [-0.2, 0) is 13.1 Å². The Kier molecular flexibility index (Phi) is 6.64. The highest BCUT2D eigenvalue weighted by Crippen LogP contribution is 2.19. The molecule has 0 fully saturated rings. The molecule has 0 bridgehead atoms. The maximum Gasteiger partial charge on any atom is 0.254 e. The van der Waals surface area contributed by atoms with E-state index in [1.54, 1.807) is 6.07 Å². The van der Waals surface area contributed by atoms with Crippen LogP contribution >= 0.6 is 0 Å². The number of carbonyl (C=O) groups excluding carboxylic acids is 1. The lowest BCUT2D eigenvalue weighted by Crippen LogP contribution is -2.30. The van der Waals surface area contributed by atoms with Gasteiger partial charge in [0.1, 0.15) is 12.4 Å². The van der Waals surface area contributed by atoms with E-state index < -0.39 is 0 Å². The smallest absolute Gasteiger partial charge is 0.254 e. The van der Waals surface area contributed by atoms with Gasteiger partial charge in [0.2, 0.25) is 0 Å². The van der Waals surface area contributed by atoms with Gasteiger partial charge in [0.05, 0.1) is 0 Å². The standard InChI is InChI=1S/C25H25NO2/c1-20(2)19-28-24-15-9-14-23(16-24)25(27)26(17-21-10-5-3-6-11-21)18-22-12-7-4-8-13-22/h3-16H,1,17-19H2,2H3. The molecular formula is C25H25NO2. The molecule has 0 saturated heterocycles. The Morgan fingerprint density at radius 1 is 0.857 bits per heavy atom. The van der Waals surface area contributed by atoms with Gasteiger partial charge in [-0.3, -0.25) is 4.79 Å². The van der Waals surface area contributed by atoms with Gasteiger partial charge in [-0.25, -0.2) is 0 Å². The van der Waals surface area contributed by atoms with E-state index in [1.807, 2.05) is 90.7 Å². The van der Waals surface area contributed by atoms with Gasteiger partial charge in [-0.15, -0.1) is 0 Å². The number of hydrogen-bond donors (Lipinski definition) is 0. The highest BCUT2D eigenvalue weighted by molar-refractivity contribution is 5.94. The monoisotopic (exact) mass is 371 g/mol. The zero-order chi connectivity index (χ0) is 19.8. The van der Waals surface area contributed by atoms with Crippen molar-refractivity contribution in [2.75, 3.05) is 6.61 Å². The second-order valence-electron chi connectivity index (χ2n) is 6.91. The average molecular weight is 371 g/mol. The molecule has 1 amide bonds. The van der Waals surface area contributed by atoms with Gasteiger partial charge in [-0.1, -0.05) is 73.3 Å². The molecular weight excluding hydrogens is 346 g/mol. The molecule has 3 nitrogen and oxygen atoms in total. The van der Waals surface area contributed by atoms with Crippen LogP contribution in [-0.4, -0.2) is 17.4 Å². The van der Waals surface area contributed by atoms with Crippen molar-refractivity contribution in [1.82, 2.24) is 4.90 Å². The number of rotatable bonds is 8. The lowest BCUT2D eigenvalue weighted by atomic mass is 10.1. The second-order valence-corrected chi connectivity index (χ2v) is 6.91. The van der Waals surface area contributed by atoms with Crippen molar-refractivity contribution in [3.8, 4) is 5.75 Å². The molecule has 0 spiro atoms. The zero-order valence-corrected chi connectivity index (χ0v) is 16.2. The second kappa shape index (κ2) is 9.56. The summed E-state index contributed by atoms with van der Waals surface area (Å²) < 4.78 is 5.70. The summed E-state index contributed by atoms with van der Waals surface area (Å²) in [5.74, 6) is 0.654. The molecule has 3 aromatic carbocycles. The molecule has 0 unspecified atom stereocenters. The van der Waals surface area contributed by atoms with Crippen molar-refractivity contribution in [2.45, 2.75) is 20.0 Å². The fourth-order valence-corrected chi connectivity index (χ4v) is 2.92. The van der Waals surface area contributed by atoms with E-state index in [0.717, 1.165) is 16.7 Å². The van der Waals surface area contributed by atoms with Crippen LogP contribution in [0.4, 0.5) is 0 Å². The summed E-state index contributed by atoms with van der Waals surface area (Å²) in [5.41, 5.74) is 3.75. The predicted molar refractivity (Wildman–Crippen MR) is 113 cm³/mol. The molecule has 0 saturated carbocycles. The summed E-state index contributed by atoms with van der Waals surface area (Å²) in [7, 11) is 0. The lowest BCUT2D eigenvalue weighted by Gasteiger charge is -2.23. The molecule has 0 radical (unpaired) electrons. The molecule has 0 atom stereocenters. The SMILES string of the molecule is C=C(C)COc1cccc(C(=O)N(Cc2ccccc2)Cc2ccccc2)c1. The van der Waals surface area contributed by atoms with E-state index in [9.17, 15) is 4.79 Å². The molecule has 0 aliphatic carbocycles. The summed E-state index contributed by atoms with van der Waals surface area (Å²) in [6.07, 6.45) is 0. The van der Waals surface area contributed by atoms with Gasteiger partial charge in [0.15, 0.2) is 0 Å². The van der Waals surface area contributed by atoms with Gasteiger partial charge in [0, 0.05) is 18.7 Å². The largest absolute Gasteiger partial charge is 0.489 e. The minimum absolute atomic E-state index is 0.0199. The van der Waals surface area contributed by atoms with Gasteiger partial charge >= 0.3 is 0 Å². The Hall–Kier alpha value is -3.33. The normalized spacial score (nSPS) is 10.3. The Bertz CT molecular complexity index is 878. The van der Waals surface area contributed by atoms with Crippen LogP contribution in [0.5, 0.6) is 5.75 Å². The highest BCUT2D eigenvalue weighted by atomic mass is 16.5. The minimum atomic E-state index is -0.0199. The summed E-state index contributed by atoms with van der Waals surface area (Å²) in [6.45, 7) is 7.30. The predicted octanol–water partition coefficient (Wildman–Crippen LogP) is 5.48. The number of carbonyl (C=O) groups is 1. The maximum absolute atomic E-state index is 13.3. The molecule has 142 valence electrons. The first kappa shape index (κ1) is 19.4. The van der Waals surface area contributed by atoms with Crippen LogP contribution in [0.3, 0.4) is 0 Å². The number of nitrogens with zero attached hydrogens (tertiary/aromatic N) is 1. The van der Waals surface area contributed by atoms with Crippen LogP contribution in [0.2, 0.25) is 0 Å². The van der Waals surface area contributed by atoms with E-state index in [-0.39, 0.29) is 5.91 Å². The Labute approximate surface area is 166 Å². The maximum atomic E-state index is 13.3. The third-order valence-electron chi connectivity index (χ3n) is 4.29. The molecule has 3 heteroatoms. The fraction of sp³-hybridized carbons (Fsp3) is 0.160. The molecule has 0 aliphatic heterocycles. The molecule has 0 heterocycles. The van der Waals surface area contributed by atoms with Crippen molar-refractivity contribution >= 4 is 5.91 Å². The first-order valence-corrected chi connectivity index (χ1v) is 9.36. The minimum Gasteiger partial charge on any atom is -0.489 e. The van der Waals surface area contributed by atoms with Crippen molar-refractivity contribution in [2.24, 2.45) is 0 Å². The number of ether oxygens (including phenoxy) is 1. The van der Waals surface area contributed by atoms with Gasteiger partial charge in [0.25, 0.3) is 5.91 Å². The highest BCUT2D eigenvalue weighted by Gasteiger charge is 2.17. The Balaban J connectivity index is 1.83. The zero-order valence-electron chi connectivity index (χ0n) is 16.2. The van der Waals surface area contributed by atoms with E-state index in [1.165, 1.54) is 0 Å². The lowest BCUT2D eigenvalue weighted by molar-refractivity contribution is 0.0729. The van der Waals surface area contributed by atoms with Crippen molar-refractivity contribution in [3.05, 3.63) is 114 Å². The van der Waals surface area contributed by atoms with E-state index in [4.69, 9.17) is 4.74 Å². The van der Waals surface area contributed by atoms with Crippen LogP contribution in [0, 0.1) is 0 Å². The van der Waals surface area contributed by atoms with Crippen molar-refractivity contribution in [1.29, 1.82) is 0 Å². The van der Waals surface area contributed by atoms with E-state index >= 15 is 0 Å². The molecule has 3 rings (SSSR count). The Morgan fingerprint density at radius 2 is 1.43 bits per heavy atom. The van der Waals surface area contributed by atoms with Crippen LogP contribution in [0.15, 0.2) is 97.1 Å². The third-order valence-corrected chi connectivity index (χ3v) is 4.29. The number of amides is 1. The summed E-state index contributed by atoms with van der Waals surface area (Å²) in [5, 5.41) is 0. The summed E-state index contributed by atoms with van der Waals surface area (Å²) in [4.78, 5) is 15.2. The third kappa shape index (κ3) is 5.58. The van der Waals surface area contributed by atoms with Crippen LogP contribution in [0.1, 0.15) is 28.4 Å². The van der Waals surface area contributed by atoms with Crippen LogP contribution < -0.4 is 4.74 Å². The van der Waals surface area contributed by atoms with Crippen LogP contribution in [0.25, 0.3) is 0 Å². The number of benzene rings is 3. The molecule has 3 aromatic rings. The van der Waals surface area contributed by atoms with Crippen molar-refractivity contribution in [3.63, 3.8) is 0 Å². The first-order valence-electron chi connectivity index (χ1n) is 9.36. The molecule has 0 aromatic heterocycles.